The zero-order valence-corrected chi connectivity index (χ0v) is 8.20. The van der Waals surface area contributed by atoms with E-state index in [1.54, 1.807) is 12.4 Å². The molecule has 0 aromatic carbocycles. The maximum atomic E-state index is 3.85. The number of likely N-dealkylation sites (N-methyl/N-ethyl adjacent to an activating group) is 2. The van der Waals surface area contributed by atoms with Crippen LogP contribution in [-0.4, -0.2) is 36.9 Å². The van der Waals surface area contributed by atoms with Crippen molar-refractivity contribution >= 4 is 5.69 Å². The van der Waals surface area contributed by atoms with Crippen molar-refractivity contribution in [1.82, 2.24) is 15.5 Å². The molecule has 0 aliphatic carbocycles. The molecule has 4 heteroatoms. The molecule has 0 fully saturated rings. The summed E-state index contributed by atoms with van der Waals surface area (Å²) in [6.07, 6.45) is 3.51. The van der Waals surface area contributed by atoms with Crippen LogP contribution in [0.1, 0.15) is 6.92 Å². The standard InChI is InChI=1S/C9H16N4/c1-3-13(7-6-10-2)9-4-5-11-12-8-9/h4-5,8,10H,3,6-7H2,1-2H3. The fourth-order valence-corrected chi connectivity index (χ4v) is 1.19. The van der Waals surface area contributed by atoms with Crippen LogP contribution >= 0.6 is 0 Å². The van der Waals surface area contributed by atoms with Gasteiger partial charge in [-0.2, -0.15) is 10.2 Å². The first-order valence-corrected chi connectivity index (χ1v) is 4.54. The average Bonchev–Trinajstić information content (AvgIpc) is 2.21. The molecule has 0 atom stereocenters. The quantitative estimate of drug-likeness (QED) is 0.717. The topological polar surface area (TPSA) is 41.0 Å². The smallest absolute Gasteiger partial charge is 0.0729 e. The van der Waals surface area contributed by atoms with Gasteiger partial charge in [0.25, 0.3) is 0 Å². The van der Waals surface area contributed by atoms with E-state index in [4.69, 9.17) is 0 Å². The molecule has 0 bridgehead atoms. The highest BCUT2D eigenvalue weighted by molar-refractivity contribution is 5.42. The highest BCUT2D eigenvalue weighted by Gasteiger charge is 2.01. The van der Waals surface area contributed by atoms with Crippen LogP contribution in [0.2, 0.25) is 0 Å². The van der Waals surface area contributed by atoms with Crippen molar-refractivity contribution in [3.8, 4) is 0 Å². The molecule has 0 saturated heterocycles. The number of hydrogen-bond donors (Lipinski definition) is 1. The zero-order chi connectivity index (χ0) is 9.52. The van der Waals surface area contributed by atoms with Crippen LogP contribution in [-0.2, 0) is 0 Å². The maximum absolute atomic E-state index is 3.85. The second-order valence-electron chi connectivity index (χ2n) is 2.78. The molecule has 0 spiro atoms. The summed E-state index contributed by atoms with van der Waals surface area (Å²) in [4.78, 5) is 2.26. The second-order valence-corrected chi connectivity index (χ2v) is 2.78. The zero-order valence-electron chi connectivity index (χ0n) is 8.20. The molecule has 0 unspecified atom stereocenters. The lowest BCUT2D eigenvalue weighted by Gasteiger charge is -2.21. The fourth-order valence-electron chi connectivity index (χ4n) is 1.19. The first kappa shape index (κ1) is 9.92. The molecule has 0 aliphatic rings. The molecule has 1 aromatic heterocycles. The summed E-state index contributed by atoms with van der Waals surface area (Å²) < 4.78 is 0. The minimum atomic E-state index is 0.982. The Morgan fingerprint density at radius 2 is 2.31 bits per heavy atom. The number of aromatic nitrogens is 2. The van der Waals surface area contributed by atoms with E-state index in [1.807, 2.05) is 13.1 Å². The third kappa shape index (κ3) is 2.99. The van der Waals surface area contributed by atoms with E-state index < -0.39 is 0 Å². The molecule has 0 aliphatic heterocycles. The Bertz CT molecular complexity index is 224. The van der Waals surface area contributed by atoms with Gasteiger partial charge in [0, 0.05) is 19.6 Å². The number of rotatable bonds is 5. The van der Waals surface area contributed by atoms with Crippen molar-refractivity contribution < 1.29 is 0 Å². The van der Waals surface area contributed by atoms with Gasteiger partial charge in [-0.25, -0.2) is 0 Å². The van der Waals surface area contributed by atoms with E-state index in [2.05, 4.69) is 27.3 Å². The highest BCUT2D eigenvalue weighted by Crippen LogP contribution is 2.08. The molecule has 4 nitrogen and oxygen atoms in total. The molecule has 1 aromatic rings. The predicted octanol–water partition coefficient (Wildman–Crippen LogP) is 0.522. The Hall–Kier alpha value is -1.16. The SMILES string of the molecule is CCN(CCNC)c1ccnnc1. The number of hydrogen-bond acceptors (Lipinski definition) is 4. The lowest BCUT2D eigenvalue weighted by molar-refractivity contribution is 0.734. The van der Waals surface area contributed by atoms with Crippen molar-refractivity contribution in [2.45, 2.75) is 6.92 Å². The van der Waals surface area contributed by atoms with Gasteiger partial charge < -0.3 is 10.2 Å². The van der Waals surface area contributed by atoms with Crippen molar-refractivity contribution in [1.29, 1.82) is 0 Å². The van der Waals surface area contributed by atoms with Crippen LogP contribution in [0, 0.1) is 0 Å². The normalized spacial score (nSPS) is 10.0. The first-order chi connectivity index (χ1) is 6.38. The molecule has 1 heterocycles. The fraction of sp³-hybridized carbons (Fsp3) is 0.556. The van der Waals surface area contributed by atoms with Crippen LogP contribution < -0.4 is 10.2 Å². The van der Waals surface area contributed by atoms with Gasteiger partial charge in [0.1, 0.15) is 0 Å². The predicted molar refractivity (Wildman–Crippen MR) is 53.8 cm³/mol. The van der Waals surface area contributed by atoms with Gasteiger partial charge in [-0.05, 0) is 20.0 Å². The van der Waals surface area contributed by atoms with Gasteiger partial charge in [-0.3, -0.25) is 0 Å². The number of nitrogens with zero attached hydrogens (tertiary/aromatic N) is 3. The largest absolute Gasteiger partial charge is 0.369 e. The van der Waals surface area contributed by atoms with Crippen LogP contribution in [0.25, 0.3) is 0 Å². The monoisotopic (exact) mass is 180 g/mol. The van der Waals surface area contributed by atoms with Crippen LogP contribution in [0.5, 0.6) is 0 Å². The van der Waals surface area contributed by atoms with Crippen molar-refractivity contribution in [2.24, 2.45) is 0 Å². The summed E-state index contributed by atoms with van der Waals surface area (Å²) in [6.45, 7) is 5.11. The van der Waals surface area contributed by atoms with Crippen molar-refractivity contribution in [2.75, 3.05) is 31.6 Å². The molecule has 13 heavy (non-hydrogen) atoms. The third-order valence-electron chi connectivity index (χ3n) is 1.95. The van der Waals surface area contributed by atoms with Crippen LogP contribution in [0.4, 0.5) is 5.69 Å². The summed E-state index contributed by atoms with van der Waals surface area (Å²) in [7, 11) is 1.96. The minimum absolute atomic E-state index is 0.982. The Kier molecular flexibility index (Phi) is 4.18. The molecule has 0 amide bonds. The summed E-state index contributed by atoms with van der Waals surface area (Å²) >= 11 is 0. The Balaban J connectivity index is 2.56. The summed E-state index contributed by atoms with van der Waals surface area (Å²) in [5, 5.41) is 10.7. The van der Waals surface area contributed by atoms with Gasteiger partial charge in [-0.1, -0.05) is 0 Å². The van der Waals surface area contributed by atoms with E-state index in [0.717, 1.165) is 25.3 Å². The Morgan fingerprint density at radius 1 is 1.46 bits per heavy atom. The second kappa shape index (κ2) is 5.48. The van der Waals surface area contributed by atoms with Gasteiger partial charge in [0.15, 0.2) is 0 Å². The Labute approximate surface area is 79.0 Å². The third-order valence-corrected chi connectivity index (χ3v) is 1.95. The number of anilines is 1. The molecule has 0 saturated carbocycles. The number of nitrogens with one attached hydrogen (secondary N) is 1. The lowest BCUT2D eigenvalue weighted by atomic mass is 10.4. The van der Waals surface area contributed by atoms with Gasteiger partial charge in [-0.15, -0.1) is 0 Å². The highest BCUT2D eigenvalue weighted by atomic mass is 15.2. The van der Waals surface area contributed by atoms with Crippen molar-refractivity contribution in [3.05, 3.63) is 18.5 Å². The maximum Gasteiger partial charge on any atom is 0.0729 e. The molecule has 1 rings (SSSR count). The summed E-state index contributed by atoms with van der Waals surface area (Å²) in [5.41, 5.74) is 1.13. The van der Waals surface area contributed by atoms with E-state index in [1.165, 1.54) is 0 Å². The van der Waals surface area contributed by atoms with E-state index in [0.29, 0.717) is 0 Å². The molecule has 0 radical (unpaired) electrons. The summed E-state index contributed by atoms with van der Waals surface area (Å²) in [6, 6.07) is 1.98. The molecular weight excluding hydrogens is 164 g/mol. The first-order valence-electron chi connectivity index (χ1n) is 4.54. The average molecular weight is 180 g/mol. The van der Waals surface area contributed by atoms with Crippen LogP contribution in [0.3, 0.4) is 0 Å². The van der Waals surface area contributed by atoms with Gasteiger partial charge >= 0.3 is 0 Å². The van der Waals surface area contributed by atoms with Gasteiger partial charge in [0.2, 0.25) is 0 Å². The molecular formula is C9H16N4. The van der Waals surface area contributed by atoms with E-state index in [9.17, 15) is 0 Å². The van der Waals surface area contributed by atoms with E-state index >= 15 is 0 Å². The Morgan fingerprint density at radius 3 is 2.85 bits per heavy atom. The summed E-state index contributed by atoms with van der Waals surface area (Å²) in [5.74, 6) is 0. The minimum Gasteiger partial charge on any atom is -0.369 e. The van der Waals surface area contributed by atoms with E-state index in [-0.39, 0.29) is 0 Å². The molecule has 72 valence electrons. The van der Waals surface area contributed by atoms with Gasteiger partial charge in [0.05, 0.1) is 18.1 Å². The molecule has 1 N–H and O–H groups in total. The van der Waals surface area contributed by atoms with Crippen molar-refractivity contribution in [3.63, 3.8) is 0 Å². The lowest BCUT2D eigenvalue weighted by Crippen LogP contribution is -2.30. The van der Waals surface area contributed by atoms with Crippen LogP contribution in [0.15, 0.2) is 18.5 Å².